The van der Waals surface area contributed by atoms with Crippen LogP contribution in [0.25, 0.3) is 0 Å². The van der Waals surface area contributed by atoms with Gasteiger partial charge in [0, 0.05) is 31.7 Å². The molecule has 8 heteroatoms. The normalized spacial score (nSPS) is 23.1. The lowest BCUT2D eigenvalue weighted by molar-refractivity contribution is -0.141. The van der Waals surface area contributed by atoms with E-state index in [2.05, 4.69) is 0 Å². The number of hydrogen-bond donors (Lipinski definition) is 1. The molecule has 1 N–H and O–H groups in total. The molecule has 3 rings (SSSR count). The SMILES string of the molecule is O=C(O)CCN(C(=O)[C@@H]1C[C@@H]1c1ccc(C(F)(F)F)cc1)C1CCOCC1. The molecule has 1 aromatic carbocycles. The molecule has 148 valence electrons. The van der Waals surface area contributed by atoms with Gasteiger partial charge >= 0.3 is 12.1 Å². The highest BCUT2D eigenvalue weighted by molar-refractivity contribution is 5.83. The lowest BCUT2D eigenvalue weighted by atomic mass is 10.0. The van der Waals surface area contributed by atoms with Crippen LogP contribution in [0, 0.1) is 5.92 Å². The van der Waals surface area contributed by atoms with Gasteiger partial charge in [0.25, 0.3) is 0 Å². The smallest absolute Gasteiger partial charge is 0.416 e. The Labute approximate surface area is 155 Å². The summed E-state index contributed by atoms with van der Waals surface area (Å²) in [7, 11) is 0. The highest BCUT2D eigenvalue weighted by atomic mass is 19.4. The largest absolute Gasteiger partial charge is 0.481 e. The molecule has 1 heterocycles. The standard InChI is InChI=1S/C19H22F3NO4/c20-19(21,22)13-3-1-12(2-4-13)15-11-16(15)18(26)23(8-5-17(24)25)14-6-9-27-10-7-14/h1-4,14-16H,5-11H2,(H,24,25)/t15-,16-/m1/s1. The first kappa shape index (κ1) is 19.7. The molecule has 1 aliphatic heterocycles. The number of aliphatic carboxylic acids is 1. The fourth-order valence-electron chi connectivity index (χ4n) is 3.65. The minimum Gasteiger partial charge on any atom is -0.481 e. The summed E-state index contributed by atoms with van der Waals surface area (Å²) < 4.78 is 43.4. The Bertz CT molecular complexity index is 683. The maximum atomic E-state index is 12.9. The minimum absolute atomic E-state index is 0.0422. The molecule has 0 spiro atoms. The van der Waals surface area contributed by atoms with Crippen molar-refractivity contribution in [3.63, 3.8) is 0 Å². The average molecular weight is 385 g/mol. The van der Waals surface area contributed by atoms with Crippen molar-refractivity contribution in [1.29, 1.82) is 0 Å². The zero-order chi connectivity index (χ0) is 19.6. The molecule has 2 aliphatic rings. The van der Waals surface area contributed by atoms with E-state index in [-0.39, 0.29) is 36.8 Å². The first-order chi connectivity index (χ1) is 12.8. The topological polar surface area (TPSA) is 66.8 Å². The number of carboxylic acid groups (broad SMARTS) is 1. The van der Waals surface area contributed by atoms with Gasteiger partial charge in [0.1, 0.15) is 0 Å². The van der Waals surface area contributed by atoms with E-state index in [9.17, 15) is 22.8 Å². The van der Waals surface area contributed by atoms with Gasteiger partial charge in [-0.1, -0.05) is 12.1 Å². The molecule has 1 aromatic rings. The number of hydrogen-bond acceptors (Lipinski definition) is 3. The highest BCUT2D eigenvalue weighted by Crippen LogP contribution is 2.49. The van der Waals surface area contributed by atoms with Crippen molar-refractivity contribution in [3.8, 4) is 0 Å². The molecule has 0 radical (unpaired) electrons. The van der Waals surface area contributed by atoms with Gasteiger partial charge in [-0.2, -0.15) is 13.2 Å². The lowest BCUT2D eigenvalue weighted by Crippen LogP contribution is -2.45. The Balaban J connectivity index is 1.67. The fourth-order valence-corrected chi connectivity index (χ4v) is 3.65. The monoisotopic (exact) mass is 385 g/mol. The zero-order valence-corrected chi connectivity index (χ0v) is 14.7. The van der Waals surface area contributed by atoms with Crippen LogP contribution in [0.15, 0.2) is 24.3 Å². The van der Waals surface area contributed by atoms with Crippen molar-refractivity contribution in [2.45, 2.75) is 43.8 Å². The van der Waals surface area contributed by atoms with Crippen LogP contribution in [0.5, 0.6) is 0 Å². The maximum absolute atomic E-state index is 12.9. The van der Waals surface area contributed by atoms with Gasteiger partial charge < -0.3 is 14.7 Å². The van der Waals surface area contributed by atoms with Crippen molar-refractivity contribution in [2.24, 2.45) is 5.92 Å². The first-order valence-corrected chi connectivity index (χ1v) is 9.04. The summed E-state index contributed by atoms with van der Waals surface area (Å²) in [4.78, 5) is 25.5. The zero-order valence-electron chi connectivity index (χ0n) is 14.7. The fraction of sp³-hybridized carbons (Fsp3) is 0.579. The molecule has 2 atom stereocenters. The Kier molecular flexibility index (Phi) is 5.74. The van der Waals surface area contributed by atoms with E-state index in [4.69, 9.17) is 9.84 Å². The van der Waals surface area contributed by atoms with Gasteiger partial charge in [-0.25, -0.2) is 0 Å². The van der Waals surface area contributed by atoms with Crippen LogP contribution < -0.4 is 0 Å². The lowest BCUT2D eigenvalue weighted by Gasteiger charge is -2.34. The molecule has 0 bridgehead atoms. The molecule has 2 fully saturated rings. The summed E-state index contributed by atoms with van der Waals surface area (Å²) in [5, 5.41) is 8.96. The molecule has 1 amide bonds. The Morgan fingerprint density at radius 2 is 1.78 bits per heavy atom. The van der Waals surface area contributed by atoms with Crippen molar-refractivity contribution in [2.75, 3.05) is 19.8 Å². The number of rotatable bonds is 6. The average Bonchev–Trinajstić information content (AvgIpc) is 3.42. The molecule has 27 heavy (non-hydrogen) atoms. The van der Waals surface area contributed by atoms with Crippen LogP contribution in [0.1, 0.15) is 42.7 Å². The van der Waals surface area contributed by atoms with E-state index >= 15 is 0 Å². The van der Waals surface area contributed by atoms with Crippen LogP contribution in [0.4, 0.5) is 13.2 Å². The maximum Gasteiger partial charge on any atom is 0.416 e. The van der Waals surface area contributed by atoms with Gasteiger partial charge in [-0.05, 0) is 42.9 Å². The van der Waals surface area contributed by atoms with E-state index in [1.807, 2.05) is 0 Å². The van der Waals surface area contributed by atoms with E-state index in [0.29, 0.717) is 38.0 Å². The number of carbonyl (C=O) groups excluding carboxylic acids is 1. The molecular weight excluding hydrogens is 363 g/mol. The molecule has 1 aliphatic carbocycles. The van der Waals surface area contributed by atoms with Crippen molar-refractivity contribution >= 4 is 11.9 Å². The van der Waals surface area contributed by atoms with Crippen LogP contribution in [-0.2, 0) is 20.5 Å². The summed E-state index contributed by atoms with van der Waals surface area (Å²) in [5.41, 5.74) is 0.00609. The van der Waals surface area contributed by atoms with Gasteiger partial charge in [0.05, 0.1) is 12.0 Å². The first-order valence-electron chi connectivity index (χ1n) is 9.04. The predicted molar refractivity (Wildman–Crippen MR) is 90.1 cm³/mol. The quantitative estimate of drug-likeness (QED) is 0.816. The van der Waals surface area contributed by atoms with E-state index in [0.717, 1.165) is 12.1 Å². The van der Waals surface area contributed by atoms with Crippen molar-refractivity contribution in [1.82, 2.24) is 4.90 Å². The third kappa shape index (κ3) is 4.80. The highest BCUT2D eigenvalue weighted by Gasteiger charge is 2.47. The van der Waals surface area contributed by atoms with Crippen LogP contribution in [-0.4, -0.2) is 47.7 Å². The van der Waals surface area contributed by atoms with Crippen LogP contribution in [0.2, 0.25) is 0 Å². The van der Waals surface area contributed by atoms with Crippen molar-refractivity contribution < 1.29 is 32.6 Å². The molecule has 1 saturated heterocycles. The third-order valence-corrected chi connectivity index (χ3v) is 5.26. The van der Waals surface area contributed by atoms with Crippen LogP contribution >= 0.6 is 0 Å². The third-order valence-electron chi connectivity index (χ3n) is 5.26. The minimum atomic E-state index is -4.38. The summed E-state index contributed by atoms with van der Waals surface area (Å²) in [5.74, 6) is -1.46. The Hall–Kier alpha value is -2.09. The van der Waals surface area contributed by atoms with Crippen molar-refractivity contribution in [3.05, 3.63) is 35.4 Å². The molecular formula is C19H22F3NO4. The van der Waals surface area contributed by atoms with Crippen LogP contribution in [0.3, 0.4) is 0 Å². The second kappa shape index (κ2) is 7.88. The number of benzene rings is 1. The number of halogens is 3. The van der Waals surface area contributed by atoms with E-state index < -0.39 is 17.7 Å². The molecule has 5 nitrogen and oxygen atoms in total. The van der Waals surface area contributed by atoms with Gasteiger partial charge in [0.2, 0.25) is 5.91 Å². The molecule has 0 unspecified atom stereocenters. The van der Waals surface area contributed by atoms with E-state index in [1.54, 1.807) is 4.90 Å². The van der Waals surface area contributed by atoms with E-state index in [1.165, 1.54) is 12.1 Å². The summed E-state index contributed by atoms with van der Waals surface area (Å²) in [6.45, 7) is 1.22. The summed E-state index contributed by atoms with van der Waals surface area (Å²) >= 11 is 0. The Morgan fingerprint density at radius 3 is 2.33 bits per heavy atom. The van der Waals surface area contributed by atoms with Gasteiger partial charge in [-0.15, -0.1) is 0 Å². The number of carbonyl (C=O) groups is 2. The number of amides is 1. The second-order valence-electron chi connectivity index (χ2n) is 7.09. The second-order valence-corrected chi connectivity index (χ2v) is 7.09. The number of alkyl halides is 3. The summed E-state index contributed by atoms with van der Waals surface area (Å²) in [6.07, 6.45) is -2.59. The Morgan fingerprint density at radius 1 is 1.15 bits per heavy atom. The predicted octanol–water partition coefficient (Wildman–Crippen LogP) is 3.29. The number of carboxylic acids is 1. The number of nitrogens with zero attached hydrogens (tertiary/aromatic N) is 1. The van der Waals surface area contributed by atoms with Gasteiger partial charge in [0.15, 0.2) is 0 Å². The summed E-state index contributed by atoms with van der Waals surface area (Å²) in [6, 6.07) is 4.89. The van der Waals surface area contributed by atoms with Gasteiger partial charge in [-0.3, -0.25) is 9.59 Å². The molecule has 1 saturated carbocycles. The molecule has 0 aromatic heterocycles. The number of ether oxygens (including phenoxy) is 1.